The molecule has 9 nitrogen and oxygen atoms in total. The Kier molecular flexibility index (Phi) is 6.95. The fourth-order valence-electron chi connectivity index (χ4n) is 3.84. The number of rotatable bonds is 8. The minimum Gasteiger partial charge on any atom is -0.497 e. The van der Waals surface area contributed by atoms with Gasteiger partial charge in [-0.15, -0.1) is 0 Å². The Labute approximate surface area is 184 Å². The predicted octanol–water partition coefficient (Wildman–Crippen LogP) is 1.07. The quantitative estimate of drug-likeness (QED) is 0.257. The molecule has 2 heterocycles. The Morgan fingerprint density at radius 1 is 1.00 bits per heavy atom. The van der Waals surface area contributed by atoms with E-state index >= 15 is 0 Å². The minimum atomic E-state index is -1.58. The van der Waals surface area contributed by atoms with Gasteiger partial charge in [0.1, 0.15) is 24.1 Å². The lowest BCUT2D eigenvalue weighted by molar-refractivity contribution is -0.364. The highest BCUT2D eigenvalue weighted by Crippen LogP contribution is 2.31. The third-order valence-electron chi connectivity index (χ3n) is 5.68. The molecule has 0 aliphatic carbocycles. The molecule has 0 bridgehead atoms. The summed E-state index contributed by atoms with van der Waals surface area (Å²) >= 11 is 0. The number of methoxy groups -OCH3 is 1. The summed E-state index contributed by atoms with van der Waals surface area (Å²) in [5, 5.41) is 40.4. The zero-order valence-corrected chi connectivity index (χ0v) is 17.5. The highest BCUT2D eigenvalue weighted by Gasteiger charge is 2.45. The standard InChI is InChI=1S/C23H27NO8/c1-29-15-9-6-13(7-10-15)5-8-14-11-24-16-3-2-4-17(19(14)16)31-32-22-21(27)20(26)18(12-25)30-23(22)28/h2-4,6-7,9-11,18,20-28H,5,8,12H2,1H3/t18-,20-,21+,22-,23-/m1/s1. The Hall–Kier alpha value is -2.66. The van der Waals surface area contributed by atoms with Crippen LogP contribution in [0.1, 0.15) is 11.1 Å². The van der Waals surface area contributed by atoms with Crippen LogP contribution < -0.4 is 9.62 Å². The molecule has 0 amide bonds. The molecule has 172 valence electrons. The molecule has 0 saturated carbocycles. The highest BCUT2D eigenvalue weighted by atomic mass is 17.2. The molecule has 1 aromatic heterocycles. The van der Waals surface area contributed by atoms with Gasteiger partial charge in [-0.2, -0.15) is 4.89 Å². The largest absolute Gasteiger partial charge is 0.497 e. The van der Waals surface area contributed by atoms with Gasteiger partial charge >= 0.3 is 0 Å². The summed E-state index contributed by atoms with van der Waals surface area (Å²) in [4.78, 5) is 14.0. The molecule has 5 atom stereocenters. The summed E-state index contributed by atoms with van der Waals surface area (Å²) < 4.78 is 10.3. The van der Waals surface area contributed by atoms with Crippen molar-refractivity contribution in [3.05, 3.63) is 59.8 Å². The monoisotopic (exact) mass is 445 g/mol. The molecule has 0 unspecified atom stereocenters. The minimum absolute atomic E-state index is 0.395. The number of hydrogen-bond acceptors (Lipinski definition) is 8. The van der Waals surface area contributed by atoms with Crippen LogP contribution in [0, 0.1) is 0 Å². The second-order valence-corrected chi connectivity index (χ2v) is 7.71. The summed E-state index contributed by atoms with van der Waals surface area (Å²) in [7, 11) is 1.63. The Balaban J connectivity index is 1.48. The maximum Gasteiger partial charge on any atom is 0.188 e. The number of hydrogen-bond donors (Lipinski definition) is 5. The lowest BCUT2D eigenvalue weighted by Gasteiger charge is -2.38. The smallest absolute Gasteiger partial charge is 0.188 e. The average Bonchev–Trinajstić information content (AvgIpc) is 3.24. The maximum absolute atomic E-state index is 10.2. The number of aromatic amines is 1. The molecule has 9 heteroatoms. The van der Waals surface area contributed by atoms with Gasteiger partial charge in [-0.25, -0.2) is 0 Å². The van der Waals surface area contributed by atoms with Gasteiger partial charge in [-0.05, 0) is 48.2 Å². The lowest BCUT2D eigenvalue weighted by atomic mass is 9.99. The Morgan fingerprint density at radius 2 is 1.78 bits per heavy atom. The summed E-state index contributed by atoms with van der Waals surface area (Å²) in [6.07, 6.45) is -3.54. The fourth-order valence-corrected chi connectivity index (χ4v) is 3.84. The molecule has 1 aliphatic heterocycles. The normalized spacial score (nSPS) is 25.7. The number of fused-ring (bicyclic) bond motifs is 1. The van der Waals surface area contributed by atoms with Crippen LogP contribution >= 0.6 is 0 Å². The van der Waals surface area contributed by atoms with Crippen LogP contribution in [-0.2, 0) is 22.5 Å². The van der Waals surface area contributed by atoms with E-state index in [1.54, 1.807) is 19.2 Å². The van der Waals surface area contributed by atoms with Gasteiger partial charge < -0.3 is 39.8 Å². The third kappa shape index (κ3) is 4.58. The lowest BCUT2D eigenvalue weighted by Crippen LogP contribution is -2.59. The molecule has 3 aromatic rings. The van der Waals surface area contributed by atoms with Crippen molar-refractivity contribution in [3.8, 4) is 11.5 Å². The number of aromatic nitrogens is 1. The molecule has 0 radical (unpaired) electrons. The third-order valence-corrected chi connectivity index (χ3v) is 5.68. The van der Waals surface area contributed by atoms with Crippen molar-refractivity contribution in [2.75, 3.05) is 13.7 Å². The van der Waals surface area contributed by atoms with E-state index in [1.807, 2.05) is 36.5 Å². The van der Waals surface area contributed by atoms with Gasteiger partial charge in [0.2, 0.25) is 0 Å². The van der Waals surface area contributed by atoms with Crippen LogP contribution in [0.3, 0.4) is 0 Å². The van der Waals surface area contributed by atoms with E-state index in [1.165, 1.54) is 0 Å². The van der Waals surface area contributed by atoms with E-state index in [2.05, 4.69) is 4.98 Å². The number of H-pyrrole nitrogens is 1. The van der Waals surface area contributed by atoms with Gasteiger partial charge in [-0.1, -0.05) is 18.2 Å². The summed E-state index contributed by atoms with van der Waals surface area (Å²) in [6.45, 7) is -0.553. The number of aliphatic hydroxyl groups excluding tert-OH is 4. The van der Waals surface area contributed by atoms with Crippen LogP contribution in [0.15, 0.2) is 48.7 Å². The van der Waals surface area contributed by atoms with Gasteiger partial charge in [-0.3, -0.25) is 0 Å². The molecule has 1 aliphatic rings. The number of benzene rings is 2. The first kappa shape index (κ1) is 22.5. The summed E-state index contributed by atoms with van der Waals surface area (Å²) in [5.41, 5.74) is 3.02. The molecule has 0 spiro atoms. The predicted molar refractivity (Wildman–Crippen MR) is 114 cm³/mol. The average molecular weight is 445 g/mol. The molecule has 5 N–H and O–H groups in total. The topological polar surface area (TPSA) is 134 Å². The van der Waals surface area contributed by atoms with E-state index in [4.69, 9.17) is 19.2 Å². The first-order chi connectivity index (χ1) is 15.5. The van der Waals surface area contributed by atoms with Gasteiger partial charge in [0.15, 0.2) is 18.1 Å². The highest BCUT2D eigenvalue weighted by molar-refractivity contribution is 5.89. The van der Waals surface area contributed by atoms with E-state index in [0.717, 1.165) is 40.6 Å². The van der Waals surface area contributed by atoms with Crippen molar-refractivity contribution in [2.24, 2.45) is 0 Å². The molecule has 4 rings (SSSR count). The summed E-state index contributed by atoms with van der Waals surface area (Å²) in [6, 6.07) is 13.3. The van der Waals surface area contributed by atoms with Crippen LogP contribution in [0.4, 0.5) is 0 Å². The van der Waals surface area contributed by atoms with E-state index in [-0.39, 0.29) is 0 Å². The molecule has 1 saturated heterocycles. The van der Waals surface area contributed by atoms with Crippen molar-refractivity contribution < 1.29 is 39.7 Å². The number of aliphatic hydroxyl groups is 4. The van der Waals surface area contributed by atoms with Crippen LogP contribution in [-0.4, -0.2) is 69.8 Å². The van der Waals surface area contributed by atoms with Crippen molar-refractivity contribution in [1.29, 1.82) is 0 Å². The first-order valence-corrected chi connectivity index (χ1v) is 10.4. The summed E-state index contributed by atoms with van der Waals surface area (Å²) in [5.74, 6) is 1.20. The zero-order valence-electron chi connectivity index (χ0n) is 17.5. The van der Waals surface area contributed by atoms with Crippen molar-refractivity contribution in [2.45, 2.75) is 43.5 Å². The Morgan fingerprint density at radius 3 is 2.50 bits per heavy atom. The molecule has 2 aromatic carbocycles. The molecule has 32 heavy (non-hydrogen) atoms. The van der Waals surface area contributed by atoms with Gasteiger partial charge in [0.25, 0.3) is 0 Å². The number of nitrogens with one attached hydrogen (secondary N) is 1. The van der Waals surface area contributed by atoms with Crippen molar-refractivity contribution in [1.82, 2.24) is 4.98 Å². The van der Waals surface area contributed by atoms with Crippen molar-refractivity contribution in [3.63, 3.8) is 0 Å². The second kappa shape index (κ2) is 9.86. The number of ether oxygens (including phenoxy) is 2. The number of aryl methyl sites for hydroxylation is 2. The fraction of sp³-hybridized carbons (Fsp3) is 0.391. The van der Waals surface area contributed by atoms with Crippen LogP contribution in [0.2, 0.25) is 0 Å². The first-order valence-electron chi connectivity index (χ1n) is 10.4. The zero-order chi connectivity index (χ0) is 22.7. The van der Waals surface area contributed by atoms with E-state index in [0.29, 0.717) is 5.75 Å². The molecule has 1 fully saturated rings. The van der Waals surface area contributed by atoms with Crippen LogP contribution in [0.5, 0.6) is 11.5 Å². The maximum atomic E-state index is 10.2. The molecular formula is C23H27NO8. The SMILES string of the molecule is COc1ccc(CCc2c[nH]c3cccc(OO[C@@H]4[C@@H](O)[C@H](O)[C@@H](CO)O[C@H]4O)c23)cc1. The second-order valence-electron chi connectivity index (χ2n) is 7.71. The van der Waals surface area contributed by atoms with Crippen LogP contribution in [0.25, 0.3) is 10.9 Å². The van der Waals surface area contributed by atoms with E-state index in [9.17, 15) is 20.4 Å². The Bertz CT molecular complexity index is 1020. The molecular weight excluding hydrogens is 418 g/mol. The van der Waals surface area contributed by atoms with E-state index < -0.39 is 37.3 Å². The van der Waals surface area contributed by atoms with Gasteiger partial charge in [0, 0.05) is 17.1 Å². The van der Waals surface area contributed by atoms with Gasteiger partial charge in [0.05, 0.1) is 13.7 Å². The van der Waals surface area contributed by atoms with Crippen molar-refractivity contribution >= 4 is 10.9 Å².